The molecule has 0 radical (unpaired) electrons. The van der Waals surface area contributed by atoms with Gasteiger partial charge in [-0.3, -0.25) is 0 Å². The van der Waals surface area contributed by atoms with E-state index in [1.807, 2.05) is 0 Å². The molecule has 0 atom stereocenters. The Morgan fingerprint density at radius 2 is 1.93 bits per heavy atom. The molecule has 1 aromatic rings. The molecule has 1 saturated heterocycles. The number of aliphatic hydroxyl groups is 1. The van der Waals surface area contributed by atoms with Gasteiger partial charge in [0.15, 0.2) is 0 Å². The molecule has 0 bridgehead atoms. The molecule has 1 fully saturated rings. The third-order valence-electron chi connectivity index (χ3n) is 2.78. The lowest BCUT2D eigenvalue weighted by atomic mass is 9.87. The molecule has 0 aliphatic carbocycles. The Balaban J connectivity index is 2.20. The number of hydrogen-bond donors (Lipinski definition) is 2. The number of piperidine rings is 1. The summed E-state index contributed by atoms with van der Waals surface area (Å²) in [6.45, 7) is 1.64. The van der Waals surface area contributed by atoms with E-state index in [9.17, 15) is 5.11 Å². The smallest absolute Gasteiger partial charge is 0.316 e. The van der Waals surface area contributed by atoms with E-state index in [1.54, 1.807) is 12.4 Å². The van der Waals surface area contributed by atoms with E-state index in [0.29, 0.717) is 18.9 Å². The number of rotatable bonds is 2. The van der Waals surface area contributed by atoms with Crippen LogP contribution in [0.5, 0.6) is 6.01 Å². The van der Waals surface area contributed by atoms with Crippen molar-refractivity contribution < 1.29 is 9.84 Å². The van der Waals surface area contributed by atoms with Crippen molar-refractivity contribution in [3.8, 4) is 6.01 Å². The monoisotopic (exact) mass is 209 g/mol. The summed E-state index contributed by atoms with van der Waals surface area (Å²) in [4.78, 5) is 8.01. The molecule has 5 heteroatoms. The number of methoxy groups -OCH3 is 1. The summed E-state index contributed by atoms with van der Waals surface area (Å²) in [6.07, 6.45) is 4.67. The molecule has 0 amide bonds. The summed E-state index contributed by atoms with van der Waals surface area (Å²) < 4.78 is 4.87. The van der Waals surface area contributed by atoms with Gasteiger partial charge in [-0.1, -0.05) is 0 Å². The Bertz CT molecular complexity index is 320. The quantitative estimate of drug-likeness (QED) is 0.720. The van der Waals surface area contributed by atoms with Crippen molar-refractivity contribution in [3.05, 3.63) is 18.0 Å². The van der Waals surface area contributed by atoms with Gasteiger partial charge in [-0.2, -0.15) is 0 Å². The Hall–Kier alpha value is -1.20. The van der Waals surface area contributed by atoms with Gasteiger partial charge >= 0.3 is 6.01 Å². The van der Waals surface area contributed by atoms with Crippen molar-refractivity contribution in [1.82, 2.24) is 15.3 Å². The second-order valence-electron chi connectivity index (χ2n) is 3.74. The zero-order chi connectivity index (χ0) is 10.7. The Labute approximate surface area is 88.5 Å². The van der Waals surface area contributed by atoms with E-state index in [2.05, 4.69) is 15.3 Å². The van der Waals surface area contributed by atoms with Crippen LogP contribution < -0.4 is 10.1 Å². The van der Waals surface area contributed by atoms with Crippen molar-refractivity contribution in [2.24, 2.45) is 0 Å². The Kier molecular flexibility index (Phi) is 2.83. The lowest BCUT2D eigenvalue weighted by Crippen LogP contribution is -2.39. The highest BCUT2D eigenvalue weighted by atomic mass is 16.5. The number of nitrogens with zero attached hydrogens (tertiary/aromatic N) is 2. The standard InChI is InChI=1S/C10H15N3O2/c1-15-9-12-6-8(7-13-9)10(14)2-4-11-5-3-10/h6-7,11,14H,2-5H2,1H3. The van der Waals surface area contributed by atoms with Gasteiger partial charge in [0.1, 0.15) is 0 Å². The van der Waals surface area contributed by atoms with Crippen LogP contribution in [0.1, 0.15) is 18.4 Å². The zero-order valence-electron chi connectivity index (χ0n) is 8.73. The maximum atomic E-state index is 10.3. The second-order valence-corrected chi connectivity index (χ2v) is 3.74. The zero-order valence-corrected chi connectivity index (χ0v) is 8.73. The maximum absolute atomic E-state index is 10.3. The van der Waals surface area contributed by atoms with E-state index in [0.717, 1.165) is 18.7 Å². The average Bonchev–Trinajstić information content (AvgIpc) is 2.30. The van der Waals surface area contributed by atoms with Crippen LogP contribution >= 0.6 is 0 Å². The molecule has 2 rings (SSSR count). The highest BCUT2D eigenvalue weighted by molar-refractivity contribution is 5.17. The van der Waals surface area contributed by atoms with Crippen molar-refractivity contribution in [2.45, 2.75) is 18.4 Å². The fraction of sp³-hybridized carbons (Fsp3) is 0.600. The number of aromatic nitrogens is 2. The van der Waals surface area contributed by atoms with Crippen LogP contribution in [0.4, 0.5) is 0 Å². The largest absolute Gasteiger partial charge is 0.467 e. The molecule has 82 valence electrons. The van der Waals surface area contributed by atoms with Crippen molar-refractivity contribution in [3.63, 3.8) is 0 Å². The molecule has 1 aliphatic rings. The van der Waals surface area contributed by atoms with E-state index in [4.69, 9.17) is 4.74 Å². The highest BCUT2D eigenvalue weighted by Gasteiger charge is 2.31. The molecule has 1 aromatic heterocycles. The summed E-state index contributed by atoms with van der Waals surface area (Å²) >= 11 is 0. The summed E-state index contributed by atoms with van der Waals surface area (Å²) in [7, 11) is 1.52. The molecule has 5 nitrogen and oxygen atoms in total. The van der Waals surface area contributed by atoms with Crippen molar-refractivity contribution in [1.29, 1.82) is 0 Å². The van der Waals surface area contributed by atoms with E-state index in [1.165, 1.54) is 7.11 Å². The van der Waals surface area contributed by atoms with E-state index < -0.39 is 5.60 Å². The molecular weight excluding hydrogens is 194 g/mol. The van der Waals surface area contributed by atoms with Crippen LogP contribution in [0.25, 0.3) is 0 Å². The summed E-state index contributed by atoms with van der Waals surface area (Å²) in [5.74, 6) is 0. The molecule has 2 heterocycles. The minimum atomic E-state index is -0.780. The Morgan fingerprint density at radius 1 is 1.33 bits per heavy atom. The predicted molar refractivity (Wildman–Crippen MR) is 54.6 cm³/mol. The van der Waals surface area contributed by atoms with Gasteiger partial charge < -0.3 is 15.2 Å². The van der Waals surface area contributed by atoms with Gasteiger partial charge in [0, 0.05) is 18.0 Å². The molecule has 2 N–H and O–H groups in total. The van der Waals surface area contributed by atoms with Gasteiger partial charge in [-0.25, -0.2) is 9.97 Å². The third kappa shape index (κ3) is 2.08. The normalized spacial score (nSPS) is 19.9. The van der Waals surface area contributed by atoms with Crippen LogP contribution in [-0.4, -0.2) is 35.3 Å². The van der Waals surface area contributed by atoms with Gasteiger partial charge in [-0.15, -0.1) is 0 Å². The SMILES string of the molecule is COc1ncc(C2(O)CCNCC2)cn1. The van der Waals surface area contributed by atoms with Gasteiger partial charge in [-0.05, 0) is 25.9 Å². The topological polar surface area (TPSA) is 67.3 Å². The number of ether oxygens (including phenoxy) is 1. The van der Waals surface area contributed by atoms with Crippen molar-refractivity contribution >= 4 is 0 Å². The predicted octanol–water partition coefficient (Wildman–Crippen LogP) is 0.0562. The van der Waals surface area contributed by atoms with Crippen molar-refractivity contribution in [2.75, 3.05) is 20.2 Å². The maximum Gasteiger partial charge on any atom is 0.316 e. The lowest BCUT2D eigenvalue weighted by molar-refractivity contribution is 0.00520. The lowest BCUT2D eigenvalue weighted by Gasteiger charge is -2.32. The Morgan fingerprint density at radius 3 is 2.47 bits per heavy atom. The minimum Gasteiger partial charge on any atom is -0.467 e. The molecule has 15 heavy (non-hydrogen) atoms. The minimum absolute atomic E-state index is 0.330. The first kappa shape index (κ1) is 10.3. The van der Waals surface area contributed by atoms with Crippen LogP contribution in [0.15, 0.2) is 12.4 Å². The molecular formula is C10H15N3O2. The first-order valence-corrected chi connectivity index (χ1v) is 5.04. The fourth-order valence-electron chi connectivity index (χ4n) is 1.79. The van der Waals surface area contributed by atoms with Gasteiger partial charge in [0.2, 0.25) is 0 Å². The first-order chi connectivity index (χ1) is 7.24. The van der Waals surface area contributed by atoms with E-state index in [-0.39, 0.29) is 0 Å². The number of nitrogens with one attached hydrogen (secondary N) is 1. The molecule has 0 saturated carbocycles. The van der Waals surface area contributed by atoms with Crippen LogP contribution in [0, 0.1) is 0 Å². The highest BCUT2D eigenvalue weighted by Crippen LogP contribution is 2.29. The molecule has 0 unspecified atom stereocenters. The summed E-state index contributed by atoms with van der Waals surface area (Å²) in [5.41, 5.74) is -0.0119. The van der Waals surface area contributed by atoms with E-state index >= 15 is 0 Å². The molecule has 1 aliphatic heterocycles. The fourth-order valence-corrected chi connectivity index (χ4v) is 1.79. The number of hydrogen-bond acceptors (Lipinski definition) is 5. The second kappa shape index (κ2) is 4.12. The third-order valence-corrected chi connectivity index (χ3v) is 2.78. The summed E-state index contributed by atoms with van der Waals surface area (Å²) in [5, 5.41) is 13.6. The average molecular weight is 209 g/mol. The van der Waals surface area contributed by atoms with Crippen LogP contribution in [0.3, 0.4) is 0 Å². The van der Waals surface area contributed by atoms with Crippen LogP contribution in [-0.2, 0) is 5.60 Å². The molecule has 0 aromatic carbocycles. The summed E-state index contributed by atoms with van der Waals surface area (Å²) in [6, 6.07) is 0.330. The first-order valence-electron chi connectivity index (χ1n) is 5.04. The molecule has 0 spiro atoms. The van der Waals surface area contributed by atoms with Gasteiger partial charge in [0.25, 0.3) is 0 Å². The van der Waals surface area contributed by atoms with Gasteiger partial charge in [0.05, 0.1) is 12.7 Å². The van der Waals surface area contributed by atoms with Crippen LogP contribution in [0.2, 0.25) is 0 Å².